The van der Waals surface area contributed by atoms with Crippen molar-refractivity contribution in [1.29, 1.82) is 0 Å². The molecule has 8 aromatic rings. The molecular formula is C41H26O2S2. The zero-order chi connectivity index (χ0) is 30.1. The van der Waals surface area contributed by atoms with E-state index in [1.807, 2.05) is 36.4 Å². The minimum atomic E-state index is -0.758. The summed E-state index contributed by atoms with van der Waals surface area (Å²) in [4.78, 5) is 2.43. The first-order valence-corrected chi connectivity index (χ1v) is 16.7. The third-order valence-corrected chi connectivity index (χ3v) is 11.2. The van der Waals surface area contributed by atoms with Crippen molar-refractivity contribution < 1.29 is 10.2 Å². The molecule has 0 aliphatic heterocycles. The predicted molar refractivity (Wildman–Crippen MR) is 189 cm³/mol. The lowest BCUT2D eigenvalue weighted by Gasteiger charge is -2.36. The highest BCUT2D eigenvalue weighted by atomic mass is 32.1. The minimum Gasteiger partial charge on any atom is -0.507 e. The van der Waals surface area contributed by atoms with E-state index >= 15 is 0 Å². The average Bonchev–Trinajstić information content (AvgIpc) is 3.87. The van der Waals surface area contributed by atoms with Gasteiger partial charge in [-0.05, 0) is 102 Å². The molecule has 4 heteroatoms. The Balaban J connectivity index is 1.52. The first-order valence-electron chi connectivity index (χ1n) is 14.9. The summed E-state index contributed by atoms with van der Waals surface area (Å²) in [6.07, 6.45) is 0. The number of benzene rings is 6. The van der Waals surface area contributed by atoms with Crippen LogP contribution >= 0.6 is 22.7 Å². The quantitative estimate of drug-likeness (QED) is 0.207. The number of phenolic OH excluding ortho intramolecular Hbond substituents is 2. The Labute approximate surface area is 268 Å². The molecule has 2 aromatic heterocycles. The lowest BCUT2D eigenvalue weighted by atomic mass is 9.65. The Hall–Kier alpha value is -5.16. The molecule has 0 unspecified atom stereocenters. The van der Waals surface area contributed by atoms with E-state index in [4.69, 9.17) is 0 Å². The third-order valence-electron chi connectivity index (χ3n) is 9.36. The number of fused-ring (bicyclic) bond motifs is 5. The summed E-state index contributed by atoms with van der Waals surface area (Å²) in [7, 11) is 0. The third kappa shape index (κ3) is 3.73. The Morgan fingerprint density at radius 3 is 1.27 bits per heavy atom. The number of rotatable bonds is 4. The maximum atomic E-state index is 11.1. The molecule has 0 atom stereocenters. The van der Waals surface area contributed by atoms with Crippen LogP contribution in [0.2, 0.25) is 0 Å². The Morgan fingerprint density at radius 2 is 0.844 bits per heavy atom. The van der Waals surface area contributed by atoms with Crippen LogP contribution in [-0.4, -0.2) is 10.2 Å². The van der Waals surface area contributed by atoms with Crippen LogP contribution < -0.4 is 0 Å². The van der Waals surface area contributed by atoms with Crippen LogP contribution in [0.25, 0.3) is 53.6 Å². The second-order valence-electron chi connectivity index (χ2n) is 11.6. The highest BCUT2D eigenvalue weighted by Gasteiger charge is 2.48. The highest BCUT2D eigenvalue weighted by molar-refractivity contribution is 7.13. The molecule has 0 bridgehead atoms. The SMILES string of the molecule is Oc1ccc(C2(c3ccc(O)c4ccccc34)c3cc(-c4cccs4)ccc3-c3ccc(-c4cccs4)cc32)c2ccccc12. The zero-order valence-corrected chi connectivity index (χ0v) is 25.7. The van der Waals surface area contributed by atoms with E-state index in [1.165, 1.54) is 43.1 Å². The van der Waals surface area contributed by atoms with Crippen molar-refractivity contribution in [2.24, 2.45) is 0 Å². The van der Waals surface area contributed by atoms with Crippen LogP contribution in [0, 0.1) is 0 Å². The second-order valence-corrected chi connectivity index (χ2v) is 13.5. The number of aromatic hydroxyl groups is 2. The molecule has 1 aliphatic carbocycles. The monoisotopic (exact) mass is 614 g/mol. The van der Waals surface area contributed by atoms with Gasteiger partial charge in [-0.2, -0.15) is 0 Å². The normalized spacial score (nSPS) is 13.2. The fraction of sp³-hybridized carbons (Fsp3) is 0.0244. The van der Waals surface area contributed by atoms with Gasteiger partial charge in [0.2, 0.25) is 0 Å². The van der Waals surface area contributed by atoms with Crippen molar-refractivity contribution in [3.05, 3.63) is 166 Å². The van der Waals surface area contributed by atoms with E-state index < -0.39 is 5.41 Å². The summed E-state index contributed by atoms with van der Waals surface area (Å²) in [5, 5.41) is 30.1. The van der Waals surface area contributed by atoms with E-state index in [0.717, 1.165) is 32.7 Å². The molecule has 2 heterocycles. The van der Waals surface area contributed by atoms with Gasteiger partial charge in [-0.15, -0.1) is 22.7 Å². The number of thiophene rings is 2. The van der Waals surface area contributed by atoms with Crippen LogP contribution in [0.15, 0.2) is 144 Å². The molecule has 0 spiro atoms. The van der Waals surface area contributed by atoms with E-state index in [2.05, 4.69) is 108 Å². The number of hydrogen-bond donors (Lipinski definition) is 2. The Kier molecular flexibility index (Phi) is 5.79. The fourth-order valence-corrected chi connectivity index (χ4v) is 8.91. The van der Waals surface area contributed by atoms with Gasteiger partial charge in [-0.25, -0.2) is 0 Å². The average molecular weight is 615 g/mol. The second kappa shape index (κ2) is 9.93. The molecule has 0 radical (unpaired) electrons. The van der Waals surface area contributed by atoms with Gasteiger partial charge in [0.15, 0.2) is 0 Å². The highest BCUT2D eigenvalue weighted by Crippen LogP contribution is 2.60. The van der Waals surface area contributed by atoms with Gasteiger partial charge in [0.05, 0.1) is 5.41 Å². The topological polar surface area (TPSA) is 40.5 Å². The maximum absolute atomic E-state index is 11.1. The van der Waals surface area contributed by atoms with Crippen molar-refractivity contribution >= 4 is 44.2 Å². The van der Waals surface area contributed by atoms with Crippen molar-refractivity contribution in [3.8, 4) is 43.5 Å². The van der Waals surface area contributed by atoms with Crippen LogP contribution in [0.1, 0.15) is 22.3 Å². The van der Waals surface area contributed by atoms with Crippen molar-refractivity contribution in [2.75, 3.05) is 0 Å². The van der Waals surface area contributed by atoms with Crippen molar-refractivity contribution in [2.45, 2.75) is 5.41 Å². The maximum Gasteiger partial charge on any atom is 0.123 e. The smallest absolute Gasteiger partial charge is 0.123 e. The minimum absolute atomic E-state index is 0.262. The molecule has 2 N–H and O–H groups in total. The largest absolute Gasteiger partial charge is 0.507 e. The summed E-state index contributed by atoms with van der Waals surface area (Å²) in [6.45, 7) is 0. The molecule has 214 valence electrons. The van der Waals surface area contributed by atoms with E-state index in [-0.39, 0.29) is 11.5 Å². The van der Waals surface area contributed by atoms with Gasteiger partial charge in [0.25, 0.3) is 0 Å². The first kappa shape index (κ1) is 26.3. The van der Waals surface area contributed by atoms with E-state index in [9.17, 15) is 10.2 Å². The molecule has 0 saturated carbocycles. The zero-order valence-electron chi connectivity index (χ0n) is 24.1. The van der Waals surface area contributed by atoms with Gasteiger partial charge >= 0.3 is 0 Å². The first-order chi connectivity index (χ1) is 22.1. The molecule has 0 amide bonds. The number of phenols is 2. The van der Waals surface area contributed by atoms with Gasteiger partial charge in [-0.1, -0.05) is 97.1 Å². The molecular weight excluding hydrogens is 589 g/mol. The standard InChI is InChI=1S/C41H26O2S2/c42-37-19-17-33(27-7-1-3-9-31(27)37)41(34-18-20-38(43)32-10-4-2-8-28(32)34)35-23-25(39-11-5-21-44-39)13-15-29(35)30-16-14-26(24-36(30)41)40-12-6-22-45-40/h1-24,42-43H. The molecule has 0 fully saturated rings. The Morgan fingerprint density at radius 1 is 0.400 bits per heavy atom. The van der Waals surface area contributed by atoms with Crippen LogP contribution in [0.3, 0.4) is 0 Å². The van der Waals surface area contributed by atoms with Crippen molar-refractivity contribution in [1.82, 2.24) is 0 Å². The van der Waals surface area contributed by atoms with E-state index in [0.29, 0.717) is 0 Å². The molecule has 2 nitrogen and oxygen atoms in total. The van der Waals surface area contributed by atoms with Gasteiger partial charge in [-0.3, -0.25) is 0 Å². The van der Waals surface area contributed by atoms with Gasteiger partial charge < -0.3 is 10.2 Å². The molecule has 6 aromatic carbocycles. The molecule has 0 saturated heterocycles. The number of hydrogen-bond acceptors (Lipinski definition) is 4. The lowest BCUT2D eigenvalue weighted by Crippen LogP contribution is -2.29. The van der Waals surface area contributed by atoms with Crippen LogP contribution in [0.5, 0.6) is 11.5 Å². The molecule has 1 aliphatic rings. The summed E-state index contributed by atoms with van der Waals surface area (Å²) in [5.41, 5.74) is 8.55. The predicted octanol–water partition coefficient (Wildman–Crippen LogP) is 11.2. The fourth-order valence-electron chi connectivity index (χ4n) is 7.46. The van der Waals surface area contributed by atoms with E-state index in [1.54, 1.807) is 22.7 Å². The van der Waals surface area contributed by atoms with Crippen molar-refractivity contribution in [3.63, 3.8) is 0 Å². The summed E-state index contributed by atoms with van der Waals surface area (Å²) in [5.74, 6) is 0.524. The summed E-state index contributed by atoms with van der Waals surface area (Å²) >= 11 is 3.48. The molecule has 45 heavy (non-hydrogen) atoms. The van der Waals surface area contributed by atoms with Gasteiger partial charge in [0, 0.05) is 20.5 Å². The lowest BCUT2D eigenvalue weighted by molar-refractivity contribution is 0.481. The Bertz CT molecular complexity index is 2230. The summed E-state index contributed by atoms with van der Waals surface area (Å²) < 4.78 is 0. The summed E-state index contributed by atoms with van der Waals surface area (Å²) in [6, 6.07) is 46.5. The molecule has 9 rings (SSSR count). The van der Waals surface area contributed by atoms with Gasteiger partial charge in [0.1, 0.15) is 11.5 Å². The van der Waals surface area contributed by atoms with Crippen LogP contribution in [0.4, 0.5) is 0 Å². The van der Waals surface area contributed by atoms with Crippen LogP contribution in [-0.2, 0) is 5.41 Å².